The average Bonchev–Trinajstić information content (AvgIpc) is 2.51. The van der Waals surface area contributed by atoms with Gasteiger partial charge in [-0.3, -0.25) is 4.90 Å². The Balaban J connectivity index is 1.90. The fourth-order valence-electron chi connectivity index (χ4n) is 3.08. The third kappa shape index (κ3) is 2.96. The Morgan fingerprint density at radius 2 is 1.84 bits per heavy atom. The zero-order valence-corrected chi connectivity index (χ0v) is 11.4. The highest BCUT2D eigenvalue weighted by Gasteiger charge is 2.25. The van der Waals surface area contributed by atoms with Crippen molar-refractivity contribution in [3.63, 3.8) is 0 Å². The second-order valence-electron chi connectivity index (χ2n) is 5.31. The van der Waals surface area contributed by atoms with Crippen LogP contribution in [-0.2, 0) is 0 Å². The molecule has 1 aliphatic heterocycles. The summed E-state index contributed by atoms with van der Waals surface area (Å²) in [4.78, 5) is 2.62. The van der Waals surface area contributed by atoms with Crippen LogP contribution in [-0.4, -0.2) is 31.1 Å². The van der Waals surface area contributed by atoms with Crippen molar-refractivity contribution >= 4 is 0 Å². The summed E-state index contributed by atoms with van der Waals surface area (Å²) in [6.45, 7) is 4.49. The quantitative estimate of drug-likeness (QED) is 0.892. The first kappa shape index (κ1) is 12.6. The van der Waals surface area contributed by atoms with Gasteiger partial charge in [-0.2, -0.15) is 0 Å². The fraction of sp³-hybridized carbons (Fsp3) is 0.412. The number of nitrogens with zero attached hydrogens (tertiary/aromatic N) is 1. The Bertz CT molecular complexity index is 455. The average molecular weight is 254 g/mol. The number of nitrogens with one attached hydrogen (secondary N) is 1. The smallest absolute Gasteiger partial charge is 0.0565 e. The fourth-order valence-corrected chi connectivity index (χ4v) is 3.08. The van der Waals surface area contributed by atoms with Gasteiger partial charge in [0.05, 0.1) is 6.04 Å². The summed E-state index contributed by atoms with van der Waals surface area (Å²) in [7, 11) is 0. The highest BCUT2D eigenvalue weighted by molar-refractivity contribution is 5.32. The number of rotatable bonds is 3. The van der Waals surface area contributed by atoms with Crippen molar-refractivity contribution in [2.24, 2.45) is 0 Å². The summed E-state index contributed by atoms with van der Waals surface area (Å²) in [5.74, 6) is 0. The first-order valence-corrected chi connectivity index (χ1v) is 7.30. The second-order valence-corrected chi connectivity index (χ2v) is 5.31. The molecule has 0 spiro atoms. The van der Waals surface area contributed by atoms with Gasteiger partial charge in [-0.1, -0.05) is 48.6 Å². The lowest BCUT2D eigenvalue weighted by molar-refractivity contribution is 0.193. The van der Waals surface area contributed by atoms with E-state index in [4.69, 9.17) is 0 Å². The predicted octanol–water partition coefficient (Wildman–Crippen LogP) is 2.91. The van der Waals surface area contributed by atoms with E-state index in [0.717, 1.165) is 26.2 Å². The van der Waals surface area contributed by atoms with Gasteiger partial charge in [0.25, 0.3) is 0 Å². The number of hydrogen-bond donors (Lipinski definition) is 1. The van der Waals surface area contributed by atoms with Crippen LogP contribution < -0.4 is 5.32 Å². The zero-order chi connectivity index (χ0) is 12.9. The molecule has 2 aliphatic rings. The third-order valence-electron chi connectivity index (χ3n) is 4.03. The summed E-state index contributed by atoms with van der Waals surface area (Å²) in [5.41, 5.74) is 3.00. The molecule has 1 atom stereocenters. The van der Waals surface area contributed by atoms with Crippen molar-refractivity contribution in [2.75, 3.05) is 26.2 Å². The SMILES string of the molecule is C1=CCCC(C(c2ccccc2)N2CCNCC2)=C1. The van der Waals surface area contributed by atoms with Gasteiger partial charge in [0, 0.05) is 26.2 Å². The third-order valence-corrected chi connectivity index (χ3v) is 4.03. The molecule has 0 radical (unpaired) electrons. The number of benzene rings is 1. The minimum atomic E-state index is 0.466. The molecule has 3 rings (SSSR count). The molecular weight excluding hydrogens is 232 g/mol. The van der Waals surface area contributed by atoms with Gasteiger partial charge in [0.2, 0.25) is 0 Å². The molecular formula is C17H22N2. The molecule has 1 aromatic rings. The van der Waals surface area contributed by atoms with Crippen LogP contribution in [0.5, 0.6) is 0 Å². The first-order chi connectivity index (χ1) is 9.45. The molecule has 1 heterocycles. The maximum absolute atomic E-state index is 3.45. The lowest BCUT2D eigenvalue weighted by atomic mass is 9.91. The van der Waals surface area contributed by atoms with Gasteiger partial charge in [-0.05, 0) is 24.0 Å². The van der Waals surface area contributed by atoms with E-state index in [1.54, 1.807) is 5.57 Å². The van der Waals surface area contributed by atoms with Crippen molar-refractivity contribution in [3.05, 3.63) is 59.7 Å². The van der Waals surface area contributed by atoms with E-state index >= 15 is 0 Å². The standard InChI is InChI=1S/C17H22N2/c1-3-7-15(8-4-1)17(16-9-5-2-6-10-16)19-13-11-18-12-14-19/h1-5,7-9,17-18H,6,10-14H2. The Morgan fingerprint density at radius 3 is 2.53 bits per heavy atom. The topological polar surface area (TPSA) is 15.3 Å². The summed E-state index contributed by atoms with van der Waals surface area (Å²) in [6, 6.07) is 11.4. The predicted molar refractivity (Wildman–Crippen MR) is 80.1 cm³/mol. The minimum absolute atomic E-state index is 0.466. The van der Waals surface area contributed by atoms with Gasteiger partial charge in [0.15, 0.2) is 0 Å². The number of allylic oxidation sites excluding steroid dienone is 3. The van der Waals surface area contributed by atoms with E-state index in [9.17, 15) is 0 Å². The molecule has 1 N–H and O–H groups in total. The molecule has 2 heteroatoms. The summed E-state index contributed by atoms with van der Waals surface area (Å²) < 4.78 is 0. The van der Waals surface area contributed by atoms with Gasteiger partial charge in [0.1, 0.15) is 0 Å². The Labute approximate surface area is 115 Å². The van der Waals surface area contributed by atoms with Gasteiger partial charge >= 0.3 is 0 Å². The summed E-state index contributed by atoms with van der Waals surface area (Å²) in [5, 5.41) is 3.45. The molecule has 1 saturated heterocycles. The molecule has 0 saturated carbocycles. The molecule has 1 aromatic carbocycles. The molecule has 1 aliphatic carbocycles. The van der Waals surface area contributed by atoms with Gasteiger partial charge in [-0.15, -0.1) is 0 Å². The van der Waals surface area contributed by atoms with E-state index in [-0.39, 0.29) is 0 Å². The Hall–Kier alpha value is -1.38. The van der Waals surface area contributed by atoms with Crippen LogP contribution in [0.2, 0.25) is 0 Å². The molecule has 2 nitrogen and oxygen atoms in total. The van der Waals surface area contributed by atoms with Gasteiger partial charge in [-0.25, -0.2) is 0 Å². The van der Waals surface area contributed by atoms with E-state index in [1.165, 1.54) is 18.4 Å². The van der Waals surface area contributed by atoms with Crippen molar-refractivity contribution in [1.82, 2.24) is 10.2 Å². The maximum Gasteiger partial charge on any atom is 0.0565 e. The van der Waals surface area contributed by atoms with Crippen LogP contribution in [0.3, 0.4) is 0 Å². The Morgan fingerprint density at radius 1 is 1.05 bits per heavy atom. The molecule has 0 bridgehead atoms. The van der Waals surface area contributed by atoms with Gasteiger partial charge < -0.3 is 5.32 Å². The Kier molecular flexibility index (Phi) is 4.11. The number of piperazine rings is 1. The monoisotopic (exact) mass is 254 g/mol. The molecule has 1 fully saturated rings. The molecule has 1 unspecified atom stereocenters. The van der Waals surface area contributed by atoms with E-state index in [1.807, 2.05) is 0 Å². The van der Waals surface area contributed by atoms with Crippen LogP contribution in [0.15, 0.2) is 54.1 Å². The normalized spacial score (nSPS) is 22.0. The lowest BCUT2D eigenvalue weighted by Crippen LogP contribution is -2.45. The molecule has 19 heavy (non-hydrogen) atoms. The van der Waals surface area contributed by atoms with Crippen LogP contribution >= 0.6 is 0 Å². The first-order valence-electron chi connectivity index (χ1n) is 7.30. The molecule has 100 valence electrons. The van der Waals surface area contributed by atoms with Crippen molar-refractivity contribution in [2.45, 2.75) is 18.9 Å². The highest BCUT2D eigenvalue weighted by Crippen LogP contribution is 2.33. The van der Waals surface area contributed by atoms with Crippen LogP contribution in [0.1, 0.15) is 24.4 Å². The molecule has 0 amide bonds. The largest absolute Gasteiger partial charge is 0.314 e. The minimum Gasteiger partial charge on any atom is -0.314 e. The van der Waals surface area contributed by atoms with Crippen molar-refractivity contribution < 1.29 is 0 Å². The van der Waals surface area contributed by atoms with E-state index in [0.29, 0.717) is 6.04 Å². The van der Waals surface area contributed by atoms with Crippen molar-refractivity contribution in [1.29, 1.82) is 0 Å². The van der Waals surface area contributed by atoms with E-state index < -0.39 is 0 Å². The summed E-state index contributed by atoms with van der Waals surface area (Å²) in [6.07, 6.45) is 9.19. The number of hydrogen-bond acceptors (Lipinski definition) is 2. The lowest BCUT2D eigenvalue weighted by Gasteiger charge is -2.37. The van der Waals surface area contributed by atoms with Crippen LogP contribution in [0.25, 0.3) is 0 Å². The van der Waals surface area contributed by atoms with Crippen molar-refractivity contribution in [3.8, 4) is 0 Å². The highest BCUT2D eigenvalue weighted by atomic mass is 15.2. The maximum atomic E-state index is 3.45. The molecule has 0 aromatic heterocycles. The van der Waals surface area contributed by atoms with Crippen LogP contribution in [0.4, 0.5) is 0 Å². The van der Waals surface area contributed by atoms with Crippen LogP contribution in [0, 0.1) is 0 Å². The van der Waals surface area contributed by atoms with E-state index in [2.05, 4.69) is 58.8 Å². The summed E-state index contributed by atoms with van der Waals surface area (Å²) >= 11 is 0. The second kappa shape index (κ2) is 6.18. The zero-order valence-electron chi connectivity index (χ0n) is 11.4.